The van der Waals surface area contributed by atoms with Gasteiger partial charge in [-0.15, -0.1) is 0 Å². The molecular weight excluding hydrogens is 303 g/mol. The third-order valence-electron chi connectivity index (χ3n) is 2.05. The third-order valence-corrected chi connectivity index (χ3v) is 3.37. The highest BCUT2D eigenvalue weighted by Crippen LogP contribution is 2.27. The van der Waals surface area contributed by atoms with Gasteiger partial charge in [-0.05, 0) is 34.1 Å². The molecule has 0 N–H and O–H groups in total. The first-order valence-electron chi connectivity index (χ1n) is 5.14. The van der Waals surface area contributed by atoms with E-state index in [1.165, 1.54) is 23.9 Å². The van der Waals surface area contributed by atoms with Crippen LogP contribution in [0, 0.1) is 5.82 Å². The number of aryl methyl sites for hydroxylation is 1. The normalized spacial score (nSPS) is 10.5. The SMILES string of the molecule is CCc1nc(Br)cc(Sc2cccc(F)c2)n1. The Bertz CT molecular complexity index is 534. The van der Waals surface area contributed by atoms with Gasteiger partial charge in [0.2, 0.25) is 0 Å². The van der Waals surface area contributed by atoms with E-state index in [-0.39, 0.29) is 5.82 Å². The molecule has 5 heteroatoms. The highest BCUT2D eigenvalue weighted by molar-refractivity contribution is 9.10. The van der Waals surface area contributed by atoms with Crippen LogP contribution in [0.1, 0.15) is 12.7 Å². The van der Waals surface area contributed by atoms with E-state index in [0.29, 0.717) is 0 Å². The minimum Gasteiger partial charge on any atom is -0.226 e. The lowest BCUT2D eigenvalue weighted by atomic mass is 10.4. The first kappa shape index (κ1) is 12.5. The molecule has 1 heterocycles. The summed E-state index contributed by atoms with van der Waals surface area (Å²) >= 11 is 4.77. The van der Waals surface area contributed by atoms with Gasteiger partial charge >= 0.3 is 0 Å². The van der Waals surface area contributed by atoms with Crippen molar-refractivity contribution in [2.24, 2.45) is 0 Å². The summed E-state index contributed by atoms with van der Waals surface area (Å²) in [6.07, 6.45) is 0.774. The molecule has 2 rings (SSSR count). The van der Waals surface area contributed by atoms with E-state index in [1.807, 2.05) is 19.1 Å². The second-order valence-electron chi connectivity index (χ2n) is 3.36. The predicted octanol–water partition coefficient (Wildman–Crippen LogP) is 4.09. The summed E-state index contributed by atoms with van der Waals surface area (Å²) in [6, 6.07) is 8.29. The molecule has 17 heavy (non-hydrogen) atoms. The minimum absolute atomic E-state index is 0.237. The molecule has 1 aromatic carbocycles. The number of hydrogen-bond acceptors (Lipinski definition) is 3. The summed E-state index contributed by atoms with van der Waals surface area (Å²) < 4.78 is 13.8. The maximum absolute atomic E-state index is 13.0. The van der Waals surface area contributed by atoms with E-state index < -0.39 is 0 Å². The lowest BCUT2D eigenvalue weighted by molar-refractivity contribution is 0.624. The van der Waals surface area contributed by atoms with Crippen LogP contribution in [0.25, 0.3) is 0 Å². The largest absolute Gasteiger partial charge is 0.226 e. The summed E-state index contributed by atoms with van der Waals surface area (Å²) in [5.74, 6) is 0.539. The average molecular weight is 313 g/mol. The topological polar surface area (TPSA) is 25.8 Å². The quantitative estimate of drug-likeness (QED) is 0.798. The van der Waals surface area contributed by atoms with E-state index in [1.54, 1.807) is 6.07 Å². The van der Waals surface area contributed by atoms with Crippen molar-refractivity contribution in [1.29, 1.82) is 0 Å². The molecule has 2 aromatic rings. The van der Waals surface area contributed by atoms with Crippen LogP contribution < -0.4 is 0 Å². The highest BCUT2D eigenvalue weighted by atomic mass is 79.9. The molecule has 0 radical (unpaired) electrons. The van der Waals surface area contributed by atoms with Gasteiger partial charge in [0.1, 0.15) is 21.3 Å². The zero-order chi connectivity index (χ0) is 12.3. The van der Waals surface area contributed by atoms with Crippen molar-refractivity contribution < 1.29 is 4.39 Å². The van der Waals surface area contributed by atoms with Gasteiger partial charge in [-0.2, -0.15) is 0 Å². The maximum Gasteiger partial charge on any atom is 0.130 e. The van der Waals surface area contributed by atoms with E-state index in [9.17, 15) is 4.39 Å². The fraction of sp³-hybridized carbons (Fsp3) is 0.167. The molecule has 1 aromatic heterocycles. The van der Waals surface area contributed by atoms with Crippen molar-refractivity contribution in [2.75, 3.05) is 0 Å². The number of rotatable bonds is 3. The smallest absolute Gasteiger partial charge is 0.130 e. The monoisotopic (exact) mass is 312 g/mol. The van der Waals surface area contributed by atoms with Gasteiger partial charge in [0.25, 0.3) is 0 Å². The van der Waals surface area contributed by atoms with E-state index >= 15 is 0 Å². The molecule has 0 aliphatic rings. The lowest BCUT2D eigenvalue weighted by Gasteiger charge is -2.03. The fourth-order valence-corrected chi connectivity index (χ4v) is 2.76. The van der Waals surface area contributed by atoms with Gasteiger partial charge in [-0.3, -0.25) is 0 Å². The number of aromatic nitrogens is 2. The predicted molar refractivity (Wildman–Crippen MR) is 69.6 cm³/mol. The van der Waals surface area contributed by atoms with Crippen molar-refractivity contribution >= 4 is 27.7 Å². The van der Waals surface area contributed by atoms with Gasteiger partial charge in [0.15, 0.2) is 0 Å². The Morgan fingerprint density at radius 3 is 2.82 bits per heavy atom. The fourth-order valence-electron chi connectivity index (χ4n) is 1.30. The van der Waals surface area contributed by atoms with Crippen molar-refractivity contribution in [1.82, 2.24) is 9.97 Å². The zero-order valence-corrected chi connectivity index (χ0v) is 11.6. The molecule has 0 amide bonds. The average Bonchev–Trinajstić information content (AvgIpc) is 2.28. The highest BCUT2D eigenvalue weighted by Gasteiger charge is 2.04. The summed E-state index contributed by atoms with van der Waals surface area (Å²) in [4.78, 5) is 9.44. The molecule has 0 atom stereocenters. The van der Waals surface area contributed by atoms with Gasteiger partial charge in [-0.1, -0.05) is 24.8 Å². The van der Waals surface area contributed by atoms with Crippen molar-refractivity contribution in [3.8, 4) is 0 Å². The van der Waals surface area contributed by atoms with Crippen LogP contribution in [0.3, 0.4) is 0 Å². The van der Waals surface area contributed by atoms with Crippen molar-refractivity contribution in [2.45, 2.75) is 23.3 Å². The van der Waals surface area contributed by atoms with E-state index in [4.69, 9.17) is 0 Å². The number of halogens is 2. The second-order valence-corrected chi connectivity index (χ2v) is 5.26. The van der Waals surface area contributed by atoms with Crippen LogP contribution in [-0.2, 0) is 6.42 Å². The van der Waals surface area contributed by atoms with Crippen molar-refractivity contribution in [3.63, 3.8) is 0 Å². The first-order chi connectivity index (χ1) is 8.17. The van der Waals surface area contributed by atoms with Crippen LogP contribution in [0.4, 0.5) is 4.39 Å². The van der Waals surface area contributed by atoms with E-state index in [0.717, 1.165) is 26.8 Å². The van der Waals surface area contributed by atoms with Crippen LogP contribution in [0.5, 0.6) is 0 Å². The standard InChI is InChI=1S/C12H10BrFN2S/c1-2-11-15-10(13)7-12(16-11)17-9-5-3-4-8(14)6-9/h3-7H,2H2,1H3. The van der Waals surface area contributed by atoms with Gasteiger partial charge in [0, 0.05) is 17.4 Å². The Balaban J connectivity index is 2.26. The molecule has 0 fully saturated rings. The Hall–Kier alpha value is -0.940. The zero-order valence-electron chi connectivity index (χ0n) is 9.15. The molecule has 0 saturated heterocycles. The minimum atomic E-state index is -0.237. The first-order valence-corrected chi connectivity index (χ1v) is 6.75. The third kappa shape index (κ3) is 3.51. The molecule has 0 aliphatic heterocycles. The van der Waals surface area contributed by atoms with Crippen LogP contribution in [0.15, 0.2) is 44.9 Å². The summed E-state index contributed by atoms with van der Waals surface area (Å²) in [7, 11) is 0. The Labute approximate surface area is 112 Å². The maximum atomic E-state index is 13.0. The van der Waals surface area contributed by atoms with Crippen LogP contribution in [0.2, 0.25) is 0 Å². The van der Waals surface area contributed by atoms with Gasteiger partial charge < -0.3 is 0 Å². The Morgan fingerprint density at radius 2 is 2.12 bits per heavy atom. The molecule has 0 bridgehead atoms. The second kappa shape index (κ2) is 5.60. The summed E-state index contributed by atoms with van der Waals surface area (Å²) in [5.41, 5.74) is 0. The number of nitrogens with zero attached hydrogens (tertiary/aromatic N) is 2. The molecule has 0 spiro atoms. The Morgan fingerprint density at radius 1 is 1.29 bits per heavy atom. The lowest BCUT2D eigenvalue weighted by Crippen LogP contribution is -1.94. The van der Waals surface area contributed by atoms with Crippen molar-refractivity contribution in [3.05, 3.63) is 46.6 Å². The van der Waals surface area contributed by atoms with Gasteiger partial charge in [0.05, 0.1) is 0 Å². The van der Waals surface area contributed by atoms with Crippen LogP contribution in [-0.4, -0.2) is 9.97 Å². The van der Waals surface area contributed by atoms with Crippen LogP contribution >= 0.6 is 27.7 Å². The molecule has 0 saturated carbocycles. The molecule has 0 aliphatic carbocycles. The molecule has 2 nitrogen and oxygen atoms in total. The number of hydrogen-bond donors (Lipinski definition) is 0. The molecule has 88 valence electrons. The van der Waals surface area contributed by atoms with Gasteiger partial charge in [-0.25, -0.2) is 14.4 Å². The Kier molecular flexibility index (Phi) is 4.12. The summed E-state index contributed by atoms with van der Waals surface area (Å²) in [6.45, 7) is 2.00. The summed E-state index contributed by atoms with van der Waals surface area (Å²) in [5, 5.41) is 0.814. The number of benzene rings is 1. The molecule has 0 unspecified atom stereocenters. The molecular formula is C12H10BrFN2S. The van der Waals surface area contributed by atoms with E-state index in [2.05, 4.69) is 25.9 Å².